The Hall–Kier alpha value is -0.360. The van der Waals surface area contributed by atoms with Gasteiger partial charge < -0.3 is 20.5 Å². The number of nitrogens with two attached hydrogens (primary N) is 1. The highest BCUT2D eigenvalue weighted by atomic mass is 35.5. The summed E-state index contributed by atoms with van der Waals surface area (Å²) in [6.07, 6.45) is 6.52. The Morgan fingerprint density at radius 2 is 2.00 bits per heavy atom. The number of amides is 1. The lowest BCUT2D eigenvalue weighted by Crippen LogP contribution is -2.57. The Bertz CT molecular complexity index is 322. The zero-order chi connectivity index (χ0) is 14.4. The molecule has 0 spiro atoms. The molecule has 2 unspecified atom stereocenters. The van der Waals surface area contributed by atoms with Gasteiger partial charge in [-0.3, -0.25) is 4.79 Å². The fourth-order valence-electron chi connectivity index (χ4n) is 3.04. The van der Waals surface area contributed by atoms with Gasteiger partial charge in [0.1, 0.15) is 0 Å². The van der Waals surface area contributed by atoms with Crippen molar-refractivity contribution in [3.05, 3.63) is 0 Å². The largest absolute Gasteiger partial charge is 0.381 e. The number of rotatable bonds is 5. The van der Waals surface area contributed by atoms with Crippen LogP contribution in [0.2, 0.25) is 0 Å². The third-order valence-corrected chi connectivity index (χ3v) is 4.59. The van der Waals surface area contributed by atoms with Gasteiger partial charge in [-0.1, -0.05) is 19.8 Å². The summed E-state index contributed by atoms with van der Waals surface area (Å²) in [7, 11) is 0. The Labute approximate surface area is 133 Å². The van der Waals surface area contributed by atoms with Gasteiger partial charge in [-0.05, 0) is 31.6 Å². The molecule has 1 amide bonds. The molecule has 6 heteroatoms. The zero-order valence-electron chi connectivity index (χ0n) is 12.9. The number of carbonyl (C=O) groups is 1. The maximum Gasteiger partial charge on any atom is 0.240 e. The van der Waals surface area contributed by atoms with Crippen LogP contribution < -0.4 is 11.1 Å². The fourth-order valence-corrected chi connectivity index (χ4v) is 3.04. The van der Waals surface area contributed by atoms with Gasteiger partial charge in [0.25, 0.3) is 0 Å². The molecule has 1 saturated carbocycles. The summed E-state index contributed by atoms with van der Waals surface area (Å²) in [5.74, 6) is 0.567. The Balaban J connectivity index is 0.00000220. The first-order chi connectivity index (χ1) is 9.62. The van der Waals surface area contributed by atoms with Crippen molar-refractivity contribution in [2.45, 2.75) is 57.1 Å². The molecule has 0 bridgehead atoms. The lowest BCUT2D eigenvalue weighted by atomic mass is 9.88. The Morgan fingerprint density at radius 3 is 2.67 bits per heavy atom. The predicted octanol–water partition coefficient (Wildman–Crippen LogP) is 1.63. The van der Waals surface area contributed by atoms with Crippen molar-refractivity contribution in [1.29, 1.82) is 0 Å². The minimum Gasteiger partial charge on any atom is -0.381 e. The van der Waals surface area contributed by atoms with E-state index in [1.165, 1.54) is 19.3 Å². The molecule has 124 valence electrons. The standard InChI is InChI=1S/C15H28N2O3.ClH/c1-12-4-2-3-5-13(12)20-11-8-17-14(18)15(16)6-9-19-10-7-15;/h12-13H,2-11,16H2,1H3,(H,17,18);1H. The van der Waals surface area contributed by atoms with E-state index >= 15 is 0 Å². The van der Waals surface area contributed by atoms with E-state index in [0.29, 0.717) is 51.2 Å². The molecule has 2 aliphatic rings. The van der Waals surface area contributed by atoms with E-state index in [-0.39, 0.29) is 18.3 Å². The molecule has 5 nitrogen and oxygen atoms in total. The molecule has 2 fully saturated rings. The van der Waals surface area contributed by atoms with Gasteiger partial charge in [0.2, 0.25) is 5.91 Å². The number of carbonyl (C=O) groups excluding carboxylic acids is 1. The second kappa shape index (κ2) is 8.93. The number of ether oxygens (including phenoxy) is 2. The van der Waals surface area contributed by atoms with E-state index in [2.05, 4.69) is 12.2 Å². The molecule has 2 rings (SSSR count). The molecule has 0 aromatic carbocycles. The maximum atomic E-state index is 12.1. The molecule has 3 N–H and O–H groups in total. The van der Waals surface area contributed by atoms with Crippen LogP contribution in [0.3, 0.4) is 0 Å². The van der Waals surface area contributed by atoms with Gasteiger partial charge >= 0.3 is 0 Å². The summed E-state index contributed by atoms with van der Waals surface area (Å²) in [5.41, 5.74) is 5.36. The Morgan fingerprint density at radius 1 is 1.33 bits per heavy atom. The quantitative estimate of drug-likeness (QED) is 0.755. The van der Waals surface area contributed by atoms with Gasteiger partial charge in [0.15, 0.2) is 0 Å². The normalized spacial score (nSPS) is 28.5. The third kappa shape index (κ3) is 5.40. The number of hydrogen-bond acceptors (Lipinski definition) is 4. The van der Waals surface area contributed by atoms with Crippen LogP contribution in [0, 0.1) is 5.92 Å². The third-order valence-electron chi connectivity index (χ3n) is 4.59. The SMILES string of the molecule is CC1CCCCC1OCCNC(=O)C1(N)CCOCC1.Cl. The van der Waals surface area contributed by atoms with E-state index in [4.69, 9.17) is 15.2 Å². The highest BCUT2D eigenvalue weighted by molar-refractivity contribution is 5.86. The minimum atomic E-state index is -0.754. The van der Waals surface area contributed by atoms with Crippen LogP contribution >= 0.6 is 12.4 Å². The van der Waals surface area contributed by atoms with E-state index in [0.717, 1.165) is 6.42 Å². The molecular formula is C15H29ClN2O3. The topological polar surface area (TPSA) is 73.6 Å². The molecule has 2 atom stereocenters. The summed E-state index contributed by atoms with van der Waals surface area (Å²) >= 11 is 0. The van der Waals surface area contributed by atoms with Crippen LogP contribution in [0.4, 0.5) is 0 Å². The second-order valence-electron chi connectivity index (χ2n) is 6.20. The van der Waals surface area contributed by atoms with Crippen LogP contribution in [-0.2, 0) is 14.3 Å². The van der Waals surface area contributed by atoms with Crippen LogP contribution in [0.1, 0.15) is 45.4 Å². The first kappa shape index (κ1) is 18.7. The first-order valence-electron chi connectivity index (χ1n) is 7.88. The van der Waals surface area contributed by atoms with Crippen LogP contribution in [0.15, 0.2) is 0 Å². The van der Waals surface area contributed by atoms with E-state index in [9.17, 15) is 4.79 Å². The molecule has 0 radical (unpaired) electrons. The summed E-state index contributed by atoms with van der Waals surface area (Å²) in [5, 5.41) is 2.90. The Kier molecular flexibility index (Phi) is 7.95. The highest BCUT2D eigenvalue weighted by Crippen LogP contribution is 2.26. The lowest BCUT2D eigenvalue weighted by molar-refractivity contribution is -0.130. The zero-order valence-corrected chi connectivity index (χ0v) is 13.8. The summed E-state index contributed by atoms with van der Waals surface area (Å²) in [6, 6.07) is 0. The monoisotopic (exact) mass is 320 g/mol. The van der Waals surface area contributed by atoms with Crippen molar-refractivity contribution in [3.8, 4) is 0 Å². The molecule has 0 aromatic heterocycles. The van der Waals surface area contributed by atoms with Crippen molar-refractivity contribution in [2.75, 3.05) is 26.4 Å². The van der Waals surface area contributed by atoms with Crippen LogP contribution in [-0.4, -0.2) is 43.9 Å². The highest BCUT2D eigenvalue weighted by Gasteiger charge is 2.35. The molecule has 1 heterocycles. The van der Waals surface area contributed by atoms with Crippen molar-refractivity contribution in [2.24, 2.45) is 11.7 Å². The number of halogens is 1. The fraction of sp³-hybridized carbons (Fsp3) is 0.933. The average Bonchev–Trinajstić information content (AvgIpc) is 2.46. The van der Waals surface area contributed by atoms with Crippen LogP contribution in [0.25, 0.3) is 0 Å². The minimum absolute atomic E-state index is 0. The number of nitrogens with one attached hydrogen (secondary N) is 1. The van der Waals surface area contributed by atoms with Crippen molar-refractivity contribution >= 4 is 18.3 Å². The summed E-state index contributed by atoms with van der Waals surface area (Å²) < 4.78 is 11.1. The second-order valence-corrected chi connectivity index (χ2v) is 6.20. The van der Waals surface area contributed by atoms with Gasteiger partial charge in [0.05, 0.1) is 18.2 Å². The summed E-state index contributed by atoms with van der Waals surface area (Å²) in [4.78, 5) is 12.1. The molecule has 1 aliphatic carbocycles. The smallest absolute Gasteiger partial charge is 0.240 e. The van der Waals surface area contributed by atoms with Gasteiger partial charge in [-0.2, -0.15) is 0 Å². The molecule has 1 aliphatic heterocycles. The molecular weight excluding hydrogens is 292 g/mol. The molecule has 0 aromatic rings. The van der Waals surface area contributed by atoms with Crippen molar-refractivity contribution in [3.63, 3.8) is 0 Å². The van der Waals surface area contributed by atoms with E-state index in [1.54, 1.807) is 0 Å². The first-order valence-corrected chi connectivity index (χ1v) is 7.88. The van der Waals surface area contributed by atoms with Gasteiger partial charge in [-0.25, -0.2) is 0 Å². The molecule has 1 saturated heterocycles. The average molecular weight is 321 g/mol. The number of hydrogen-bond donors (Lipinski definition) is 2. The maximum absolute atomic E-state index is 12.1. The van der Waals surface area contributed by atoms with E-state index < -0.39 is 5.54 Å². The van der Waals surface area contributed by atoms with Crippen molar-refractivity contribution < 1.29 is 14.3 Å². The van der Waals surface area contributed by atoms with Crippen LogP contribution in [0.5, 0.6) is 0 Å². The van der Waals surface area contributed by atoms with Gasteiger partial charge in [-0.15, -0.1) is 12.4 Å². The van der Waals surface area contributed by atoms with E-state index in [1.807, 2.05) is 0 Å². The summed E-state index contributed by atoms with van der Waals surface area (Å²) in [6.45, 7) is 4.51. The van der Waals surface area contributed by atoms with Gasteiger partial charge in [0, 0.05) is 19.8 Å². The van der Waals surface area contributed by atoms with Crippen molar-refractivity contribution in [1.82, 2.24) is 5.32 Å². The predicted molar refractivity (Wildman–Crippen MR) is 84.6 cm³/mol. The lowest BCUT2D eigenvalue weighted by Gasteiger charge is -2.32. The molecule has 21 heavy (non-hydrogen) atoms.